The van der Waals surface area contributed by atoms with Crippen LogP contribution < -0.4 is 0 Å². The maximum absolute atomic E-state index is 9.50. The monoisotopic (exact) mass is 310 g/mol. The van der Waals surface area contributed by atoms with Crippen molar-refractivity contribution in [1.82, 2.24) is 19.8 Å². The summed E-state index contributed by atoms with van der Waals surface area (Å²) in [6, 6.07) is 7.59. The molecule has 2 rings (SSSR count). The van der Waals surface area contributed by atoms with Crippen LogP contribution in [-0.4, -0.2) is 58.5 Å². The van der Waals surface area contributed by atoms with Crippen LogP contribution in [0.25, 0.3) is 5.53 Å². The molecule has 0 unspecified atom stereocenters. The van der Waals surface area contributed by atoms with Crippen LogP contribution in [0.4, 0.5) is 0 Å². The average Bonchev–Trinajstić information content (AvgIpc) is 2.47. The molecule has 0 aliphatic rings. The van der Waals surface area contributed by atoms with Crippen molar-refractivity contribution >= 4 is 5.71 Å². The number of hydrogen-bond acceptors (Lipinski definition) is 4. The summed E-state index contributed by atoms with van der Waals surface area (Å²) in [5, 5.41) is 0. The molecule has 2 heterocycles. The molecule has 0 radical (unpaired) electrons. The molecule has 0 N–H and O–H groups in total. The third-order valence-corrected chi connectivity index (χ3v) is 3.24. The fraction of sp³-hybridized carbons (Fsp3) is 0.353. The molecule has 2 aromatic rings. The highest BCUT2D eigenvalue weighted by atomic mass is 15.1. The minimum absolute atomic E-state index is 0.523. The molecule has 0 saturated carbocycles. The van der Waals surface area contributed by atoms with Gasteiger partial charge in [-0.2, -0.15) is 4.79 Å². The van der Waals surface area contributed by atoms with Crippen LogP contribution in [0.15, 0.2) is 36.7 Å². The Bertz CT molecular complexity index is 661. The van der Waals surface area contributed by atoms with Gasteiger partial charge in [0.25, 0.3) is 0 Å². The maximum atomic E-state index is 9.50. The second-order valence-corrected chi connectivity index (χ2v) is 6.00. The summed E-state index contributed by atoms with van der Waals surface area (Å²) in [4.78, 5) is 16.3. The molecule has 6 heteroatoms. The number of hydrogen-bond donors (Lipinski definition) is 0. The number of aromatic nitrogens is 2. The average molecular weight is 310 g/mol. The van der Waals surface area contributed by atoms with Crippen LogP contribution in [0.2, 0.25) is 0 Å². The first kappa shape index (κ1) is 17.0. The van der Waals surface area contributed by atoms with Gasteiger partial charge in [-0.3, -0.25) is 9.97 Å². The van der Waals surface area contributed by atoms with E-state index in [2.05, 4.69) is 14.8 Å². The zero-order valence-corrected chi connectivity index (χ0v) is 14.1. The molecule has 0 aromatic carbocycles. The lowest BCUT2D eigenvalue weighted by Gasteiger charge is -2.10. The molecule has 6 nitrogen and oxygen atoms in total. The topological polar surface area (TPSA) is 68.7 Å². The highest BCUT2D eigenvalue weighted by Gasteiger charge is 2.17. The summed E-state index contributed by atoms with van der Waals surface area (Å²) in [7, 11) is 7.97. The van der Waals surface area contributed by atoms with Gasteiger partial charge in [0.2, 0.25) is 0 Å². The van der Waals surface area contributed by atoms with E-state index < -0.39 is 0 Å². The van der Waals surface area contributed by atoms with Gasteiger partial charge in [0, 0.05) is 25.5 Å². The molecule has 0 bridgehead atoms. The van der Waals surface area contributed by atoms with Gasteiger partial charge in [-0.15, -0.1) is 0 Å². The first-order chi connectivity index (χ1) is 11.0. The SMILES string of the molecule is CN(C)Cc1cc(C(=[N+]=[N-])c2ccnc(CN(C)C)c2)ccn1. The van der Waals surface area contributed by atoms with Gasteiger partial charge in [0.05, 0.1) is 22.5 Å². The van der Waals surface area contributed by atoms with E-state index in [0.717, 1.165) is 35.6 Å². The Balaban J connectivity index is 2.35. The van der Waals surface area contributed by atoms with Crippen LogP contribution in [0.3, 0.4) is 0 Å². The van der Waals surface area contributed by atoms with Crippen LogP contribution >= 0.6 is 0 Å². The predicted octanol–water partition coefficient (Wildman–Crippen LogP) is 1.67. The molecule has 0 amide bonds. The number of pyridine rings is 2. The van der Waals surface area contributed by atoms with Crippen molar-refractivity contribution in [3.63, 3.8) is 0 Å². The van der Waals surface area contributed by atoms with Crippen molar-refractivity contribution in [3.05, 3.63) is 64.7 Å². The summed E-state index contributed by atoms with van der Waals surface area (Å²) in [6.07, 6.45) is 3.47. The molecule has 2 aromatic heterocycles. The van der Waals surface area contributed by atoms with Crippen LogP contribution in [0.5, 0.6) is 0 Å². The fourth-order valence-corrected chi connectivity index (χ4v) is 2.35. The van der Waals surface area contributed by atoms with Gasteiger partial charge in [-0.05, 0) is 52.5 Å². The smallest absolute Gasteiger partial charge is 0.329 e. The Kier molecular flexibility index (Phi) is 5.71. The second kappa shape index (κ2) is 7.74. The quantitative estimate of drug-likeness (QED) is 0.462. The Labute approximate surface area is 137 Å². The third-order valence-electron chi connectivity index (χ3n) is 3.24. The Morgan fingerprint density at radius 1 is 0.913 bits per heavy atom. The minimum atomic E-state index is 0.523. The first-order valence-electron chi connectivity index (χ1n) is 7.41. The highest BCUT2D eigenvalue weighted by molar-refractivity contribution is 6.09. The van der Waals surface area contributed by atoms with Crippen molar-refractivity contribution < 1.29 is 4.79 Å². The fourth-order valence-electron chi connectivity index (χ4n) is 2.35. The zero-order chi connectivity index (χ0) is 16.8. The molecule has 23 heavy (non-hydrogen) atoms. The van der Waals surface area contributed by atoms with E-state index in [1.807, 2.05) is 62.3 Å². The van der Waals surface area contributed by atoms with Gasteiger partial charge in [-0.1, -0.05) is 0 Å². The lowest BCUT2D eigenvalue weighted by molar-refractivity contribution is -0.00282. The van der Waals surface area contributed by atoms with Gasteiger partial charge in [0.1, 0.15) is 0 Å². The standard InChI is InChI=1S/C17H22N6/c1-22(2)11-15-9-13(5-7-19-15)17(21-18)14-6-8-20-16(10-14)12-23(3)4/h5-10H,11-12H2,1-4H3. The zero-order valence-electron chi connectivity index (χ0n) is 14.1. The highest BCUT2D eigenvalue weighted by Crippen LogP contribution is 2.12. The number of rotatable bonds is 6. The van der Waals surface area contributed by atoms with E-state index in [1.165, 1.54) is 0 Å². The molecule has 0 saturated heterocycles. The first-order valence-corrected chi connectivity index (χ1v) is 7.41. The summed E-state index contributed by atoms with van der Waals surface area (Å²) < 4.78 is 0. The second-order valence-electron chi connectivity index (χ2n) is 6.00. The van der Waals surface area contributed by atoms with Gasteiger partial charge in [-0.25, -0.2) is 0 Å². The maximum Gasteiger partial charge on any atom is 0.329 e. The Hall–Kier alpha value is -2.40. The van der Waals surface area contributed by atoms with Gasteiger partial charge >= 0.3 is 5.71 Å². The summed E-state index contributed by atoms with van der Waals surface area (Å²) >= 11 is 0. The van der Waals surface area contributed by atoms with Crippen molar-refractivity contribution in [2.24, 2.45) is 0 Å². The van der Waals surface area contributed by atoms with Crippen molar-refractivity contribution in [2.75, 3.05) is 28.2 Å². The molecule has 0 fully saturated rings. The van der Waals surface area contributed by atoms with Gasteiger partial charge in [0.15, 0.2) is 0 Å². The molecular weight excluding hydrogens is 288 g/mol. The minimum Gasteiger partial charge on any atom is -0.361 e. The molecule has 120 valence electrons. The van der Waals surface area contributed by atoms with Crippen LogP contribution in [-0.2, 0) is 13.1 Å². The van der Waals surface area contributed by atoms with E-state index in [-0.39, 0.29) is 0 Å². The molecule has 0 atom stereocenters. The van der Waals surface area contributed by atoms with Crippen molar-refractivity contribution in [3.8, 4) is 0 Å². The largest absolute Gasteiger partial charge is 0.361 e. The summed E-state index contributed by atoms with van der Waals surface area (Å²) in [5.41, 5.74) is 13.6. The lowest BCUT2D eigenvalue weighted by atomic mass is 10.0. The molecule has 0 aliphatic carbocycles. The van der Waals surface area contributed by atoms with Crippen molar-refractivity contribution in [1.29, 1.82) is 0 Å². The number of nitrogens with zero attached hydrogens (tertiary/aromatic N) is 6. The van der Waals surface area contributed by atoms with E-state index >= 15 is 0 Å². The normalized spacial score (nSPS) is 10.9. The Morgan fingerprint density at radius 2 is 1.35 bits per heavy atom. The molecule has 0 aliphatic heterocycles. The van der Waals surface area contributed by atoms with E-state index in [1.54, 1.807) is 12.4 Å². The summed E-state index contributed by atoms with van der Waals surface area (Å²) in [6.45, 7) is 1.46. The molecule has 0 spiro atoms. The molecular formula is C17H22N6. The van der Waals surface area contributed by atoms with E-state index in [0.29, 0.717) is 5.71 Å². The van der Waals surface area contributed by atoms with Crippen molar-refractivity contribution in [2.45, 2.75) is 13.1 Å². The van der Waals surface area contributed by atoms with E-state index in [9.17, 15) is 5.53 Å². The van der Waals surface area contributed by atoms with E-state index in [4.69, 9.17) is 0 Å². The lowest BCUT2D eigenvalue weighted by Crippen LogP contribution is -2.14. The summed E-state index contributed by atoms with van der Waals surface area (Å²) in [5.74, 6) is 0. The third kappa shape index (κ3) is 4.79. The predicted molar refractivity (Wildman–Crippen MR) is 90.1 cm³/mol. The Morgan fingerprint density at radius 3 is 1.70 bits per heavy atom. The van der Waals surface area contributed by atoms with Crippen LogP contribution in [0, 0.1) is 0 Å². The van der Waals surface area contributed by atoms with Crippen LogP contribution in [0.1, 0.15) is 22.5 Å². The van der Waals surface area contributed by atoms with Gasteiger partial charge < -0.3 is 15.3 Å².